The average Bonchev–Trinajstić information content (AvgIpc) is 2.90. The normalized spacial score (nSPS) is 21.8. The van der Waals surface area contributed by atoms with Crippen LogP contribution in [0, 0.1) is 11.8 Å². The Bertz CT molecular complexity index is 479. The van der Waals surface area contributed by atoms with Gasteiger partial charge in [0, 0.05) is 11.6 Å². The van der Waals surface area contributed by atoms with Crippen LogP contribution in [0.15, 0.2) is 18.2 Å². The van der Waals surface area contributed by atoms with Crippen molar-refractivity contribution in [2.75, 3.05) is 18.5 Å². The Balaban J connectivity index is 2.02. The van der Waals surface area contributed by atoms with Gasteiger partial charge >= 0.3 is 0 Å². The van der Waals surface area contributed by atoms with Gasteiger partial charge in [-0.3, -0.25) is 4.79 Å². The van der Waals surface area contributed by atoms with Crippen molar-refractivity contribution in [3.63, 3.8) is 0 Å². The molecule has 0 bridgehead atoms. The summed E-state index contributed by atoms with van der Waals surface area (Å²) in [5.41, 5.74) is 6.42. The minimum atomic E-state index is 0.0188. The summed E-state index contributed by atoms with van der Waals surface area (Å²) in [6, 6.07) is 5.30. The highest BCUT2D eigenvalue weighted by Crippen LogP contribution is 2.33. The second kappa shape index (κ2) is 6.95. The Hall–Kier alpha value is -1.26. The van der Waals surface area contributed by atoms with Crippen molar-refractivity contribution in [2.24, 2.45) is 17.6 Å². The van der Waals surface area contributed by atoms with E-state index in [0.29, 0.717) is 35.5 Å². The van der Waals surface area contributed by atoms with Gasteiger partial charge in [-0.15, -0.1) is 0 Å². The number of rotatable bonds is 5. The van der Waals surface area contributed by atoms with E-state index < -0.39 is 0 Å². The predicted octanol–water partition coefficient (Wildman–Crippen LogP) is 3.05. The van der Waals surface area contributed by atoms with Crippen molar-refractivity contribution in [1.29, 1.82) is 0 Å². The van der Waals surface area contributed by atoms with E-state index in [1.807, 2.05) is 6.92 Å². The predicted molar refractivity (Wildman–Crippen MR) is 81.1 cm³/mol. The molecule has 1 aromatic rings. The van der Waals surface area contributed by atoms with Crippen LogP contribution >= 0.6 is 11.6 Å². The van der Waals surface area contributed by atoms with E-state index in [4.69, 9.17) is 22.1 Å². The zero-order chi connectivity index (χ0) is 14.5. The first-order chi connectivity index (χ1) is 9.65. The van der Waals surface area contributed by atoms with Crippen molar-refractivity contribution in [1.82, 2.24) is 0 Å². The molecule has 2 atom stereocenters. The van der Waals surface area contributed by atoms with Crippen LogP contribution in [0.5, 0.6) is 5.75 Å². The van der Waals surface area contributed by atoms with Gasteiger partial charge in [-0.05, 0) is 50.4 Å². The van der Waals surface area contributed by atoms with E-state index >= 15 is 0 Å². The average molecular weight is 297 g/mol. The van der Waals surface area contributed by atoms with Gasteiger partial charge in [0.1, 0.15) is 5.75 Å². The summed E-state index contributed by atoms with van der Waals surface area (Å²) in [6.07, 6.45) is 3.03. The molecule has 110 valence electrons. The Labute approximate surface area is 124 Å². The van der Waals surface area contributed by atoms with Crippen molar-refractivity contribution < 1.29 is 9.53 Å². The van der Waals surface area contributed by atoms with E-state index in [1.54, 1.807) is 18.2 Å². The zero-order valence-electron chi connectivity index (χ0n) is 11.7. The van der Waals surface area contributed by atoms with Crippen LogP contribution < -0.4 is 15.8 Å². The fourth-order valence-electron chi connectivity index (χ4n) is 2.75. The van der Waals surface area contributed by atoms with Gasteiger partial charge in [0.2, 0.25) is 5.91 Å². The molecule has 2 rings (SSSR count). The molecule has 1 amide bonds. The van der Waals surface area contributed by atoms with E-state index in [0.717, 1.165) is 19.3 Å². The van der Waals surface area contributed by atoms with Gasteiger partial charge in [-0.1, -0.05) is 18.0 Å². The number of hydrogen-bond acceptors (Lipinski definition) is 3. The fourth-order valence-corrected chi connectivity index (χ4v) is 2.99. The van der Waals surface area contributed by atoms with Crippen LogP contribution in [0.2, 0.25) is 5.02 Å². The summed E-state index contributed by atoms with van der Waals surface area (Å²) in [7, 11) is 0. The molecule has 1 aliphatic carbocycles. The molecule has 2 unspecified atom stereocenters. The van der Waals surface area contributed by atoms with Crippen molar-refractivity contribution in [2.45, 2.75) is 26.2 Å². The first kappa shape index (κ1) is 15.1. The minimum Gasteiger partial charge on any atom is -0.492 e. The largest absolute Gasteiger partial charge is 0.492 e. The summed E-state index contributed by atoms with van der Waals surface area (Å²) in [5, 5.41) is 3.43. The number of hydrogen-bond donors (Lipinski definition) is 2. The number of carbonyl (C=O) groups is 1. The van der Waals surface area contributed by atoms with Gasteiger partial charge in [-0.25, -0.2) is 0 Å². The highest BCUT2D eigenvalue weighted by atomic mass is 35.5. The van der Waals surface area contributed by atoms with Crippen LogP contribution in [-0.4, -0.2) is 19.1 Å². The highest BCUT2D eigenvalue weighted by molar-refractivity contribution is 6.32. The number of benzene rings is 1. The molecule has 0 aliphatic heterocycles. The number of nitrogens with one attached hydrogen (secondary N) is 1. The Morgan fingerprint density at radius 3 is 2.95 bits per heavy atom. The van der Waals surface area contributed by atoms with Gasteiger partial charge in [0.25, 0.3) is 0 Å². The Morgan fingerprint density at radius 2 is 2.30 bits per heavy atom. The highest BCUT2D eigenvalue weighted by Gasteiger charge is 2.31. The molecule has 1 aromatic carbocycles. The van der Waals surface area contributed by atoms with Gasteiger partial charge in [-0.2, -0.15) is 0 Å². The summed E-state index contributed by atoms with van der Waals surface area (Å²) in [5.74, 6) is 0.990. The zero-order valence-corrected chi connectivity index (χ0v) is 12.5. The Kier molecular flexibility index (Phi) is 5.26. The maximum atomic E-state index is 12.3. The summed E-state index contributed by atoms with van der Waals surface area (Å²) < 4.78 is 5.37. The number of nitrogens with two attached hydrogens (primary N) is 1. The molecule has 20 heavy (non-hydrogen) atoms. The standard InChI is InChI=1S/C15H21ClN2O2/c1-2-20-14-7-6-11(8-13(14)16)18-15(19)12-5-3-4-10(12)9-17/h6-8,10,12H,2-5,9,17H2,1H3,(H,18,19). The maximum absolute atomic E-state index is 12.3. The molecule has 5 heteroatoms. The molecule has 4 nitrogen and oxygen atoms in total. The lowest BCUT2D eigenvalue weighted by Crippen LogP contribution is -2.29. The van der Waals surface area contributed by atoms with E-state index in [-0.39, 0.29) is 11.8 Å². The van der Waals surface area contributed by atoms with Gasteiger partial charge in [0.15, 0.2) is 0 Å². The van der Waals surface area contributed by atoms with Crippen LogP contribution in [0.25, 0.3) is 0 Å². The molecule has 0 saturated heterocycles. The van der Waals surface area contributed by atoms with E-state index in [9.17, 15) is 4.79 Å². The van der Waals surface area contributed by atoms with E-state index in [1.165, 1.54) is 0 Å². The number of anilines is 1. The molecule has 3 N–H and O–H groups in total. The topological polar surface area (TPSA) is 64.3 Å². The number of ether oxygens (including phenoxy) is 1. The summed E-state index contributed by atoms with van der Waals surface area (Å²) >= 11 is 6.11. The molecule has 0 heterocycles. The first-order valence-corrected chi connectivity index (χ1v) is 7.46. The number of amides is 1. The number of halogens is 1. The molecule has 1 aliphatic rings. The van der Waals surface area contributed by atoms with Gasteiger partial charge in [0.05, 0.1) is 11.6 Å². The molecule has 0 radical (unpaired) electrons. The monoisotopic (exact) mass is 296 g/mol. The van der Waals surface area contributed by atoms with Gasteiger partial charge < -0.3 is 15.8 Å². The lowest BCUT2D eigenvalue weighted by molar-refractivity contribution is -0.120. The summed E-state index contributed by atoms with van der Waals surface area (Å²) in [6.45, 7) is 3.03. The molecular weight excluding hydrogens is 276 g/mol. The lowest BCUT2D eigenvalue weighted by Gasteiger charge is -2.17. The minimum absolute atomic E-state index is 0.0188. The van der Waals surface area contributed by atoms with Crippen molar-refractivity contribution in [3.05, 3.63) is 23.2 Å². The second-order valence-corrected chi connectivity index (χ2v) is 5.51. The smallest absolute Gasteiger partial charge is 0.227 e. The van der Waals surface area contributed by atoms with Crippen LogP contribution in [0.3, 0.4) is 0 Å². The van der Waals surface area contributed by atoms with Crippen molar-refractivity contribution in [3.8, 4) is 5.75 Å². The quantitative estimate of drug-likeness (QED) is 0.878. The Morgan fingerprint density at radius 1 is 1.50 bits per heavy atom. The van der Waals surface area contributed by atoms with Crippen LogP contribution in [0.4, 0.5) is 5.69 Å². The molecular formula is C15H21ClN2O2. The molecule has 0 spiro atoms. The molecule has 1 saturated carbocycles. The molecule has 1 fully saturated rings. The SMILES string of the molecule is CCOc1ccc(NC(=O)C2CCCC2CN)cc1Cl. The second-order valence-electron chi connectivity index (χ2n) is 5.10. The van der Waals surface area contributed by atoms with Crippen LogP contribution in [-0.2, 0) is 4.79 Å². The van der Waals surface area contributed by atoms with Crippen molar-refractivity contribution >= 4 is 23.2 Å². The lowest BCUT2D eigenvalue weighted by atomic mass is 9.95. The van der Waals surface area contributed by atoms with Crippen LogP contribution in [0.1, 0.15) is 26.2 Å². The third-order valence-electron chi connectivity index (χ3n) is 3.80. The third-order valence-corrected chi connectivity index (χ3v) is 4.09. The molecule has 0 aromatic heterocycles. The van der Waals surface area contributed by atoms with E-state index in [2.05, 4.69) is 5.32 Å². The fraction of sp³-hybridized carbons (Fsp3) is 0.533. The first-order valence-electron chi connectivity index (χ1n) is 7.09. The summed E-state index contributed by atoms with van der Waals surface area (Å²) in [4.78, 5) is 12.3. The third kappa shape index (κ3) is 3.44. The number of carbonyl (C=O) groups excluding carboxylic acids is 1. The maximum Gasteiger partial charge on any atom is 0.227 e.